The van der Waals surface area contributed by atoms with Crippen LogP contribution < -0.4 is 10.1 Å². The van der Waals surface area contributed by atoms with Crippen LogP contribution in [0.25, 0.3) is 11.4 Å². The number of aryl methyl sites for hydroxylation is 1. The molecule has 2 aromatic carbocycles. The molecule has 0 aliphatic carbocycles. The summed E-state index contributed by atoms with van der Waals surface area (Å²) in [6, 6.07) is 10.3. The third-order valence-corrected chi connectivity index (χ3v) is 4.81. The van der Waals surface area contributed by atoms with E-state index in [2.05, 4.69) is 15.5 Å². The lowest BCUT2D eigenvalue weighted by molar-refractivity contribution is -0.137. The van der Waals surface area contributed by atoms with Crippen LogP contribution in [-0.2, 0) is 22.3 Å². The quantitative estimate of drug-likeness (QED) is 0.375. The van der Waals surface area contributed by atoms with Crippen LogP contribution in [0.15, 0.2) is 42.5 Å². The van der Waals surface area contributed by atoms with E-state index in [0.29, 0.717) is 5.82 Å². The Kier molecular flexibility index (Phi) is 7.31. The van der Waals surface area contributed by atoms with Crippen molar-refractivity contribution in [3.05, 3.63) is 58.4 Å². The monoisotopic (exact) mass is 466 g/mol. The molecule has 0 saturated heterocycles. The van der Waals surface area contributed by atoms with Crippen LogP contribution in [0.5, 0.6) is 5.75 Å². The van der Waals surface area contributed by atoms with E-state index in [0.717, 1.165) is 29.3 Å². The molecule has 0 unspecified atom stereocenters. The molecule has 7 nitrogen and oxygen atoms in total. The van der Waals surface area contributed by atoms with Gasteiger partial charge in [-0.2, -0.15) is 18.3 Å². The van der Waals surface area contributed by atoms with E-state index in [4.69, 9.17) is 21.7 Å². The Bertz CT molecular complexity index is 1140. The van der Waals surface area contributed by atoms with Gasteiger partial charge in [0, 0.05) is 12.7 Å². The summed E-state index contributed by atoms with van der Waals surface area (Å²) in [6.45, 7) is 2.02. The van der Waals surface area contributed by atoms with Gasteiger partial charge in [0.25, 0.3) is 0 Å². The van der Waals surface area contributed by atoms with Crippen molar-refractivity contribution in [2.45, 2.75) is 19.6 Å². The van der Waals surface area contributed by atoms with Crippen molar-refractivity contribution in [2.75, 3.05) is 25.6 Å². The number of alkyl halides is 3. The fourth-order valence-corrected chi connectivity index (χ4v) is 3.08. The summed E-state index contributed by atoms with van der Waals surface area (Å²) in [5.41, 5.74) is 0.774. The predicted molar refractivity (Wildman–Crippen MR) is 115 cm³/mol. The molecule has 0 saturated carbocycles. The number of hydrogen-bond donors (Lipinski definition) is 2. The average molecular weight is 466 g/mol. The first kappa shape index (κ1) is 23.5. The summed E-state index contributed by atoms with van der Waals surface area (Å²) in [6.07, 6.45) is -4.57. The fourth-order valence-electron chi connectivity index (χ4n) is 2.89. The van der Waals surface area contributed by atoms with Crippen LogP contribution in [0.2, 0.25) is 0 Å². The number of rotatable bonds is 8. The molecule has 0 atom stereocenters. The minimum absolute atomic E-state index is 0.0953. The first-order chi connectivity index (χ1) is 15.2. The second-order valence-electron chi connectivity index (χ2n) is 6.90. The van der Waals surface area contributed by atoms with Gasteiger partial charge in [-0.1, -0.05) is 29.8 Å². The van der Waals surface area contributed by atoms with E-state index in [1.54, 1.807) is 0 Å². The zero-order valence-corrected chi connectivity index (χ0v) is 18.1. The summed E-state index contributed by atoms with van der Waals surface area (Å²) >= 11 is 5.23. The van der Waals surface area contributed by atoms with Crippen molar-refractivity contribution in [2.24, 2.45) is 0 Å². The molecule has 170 valence electrons. The third kappa shape index (κ3) is 5.74. The Labute approximate surface area is 187 Å². The van der Waals surface area contributed by atoms with E-state index >= 15 is 0 Å². The normalized spacial score (nSPS) is 11.4. The Hall–Kier alpha value is -3.18. The summed E-state index contributed by atoms with van der Waals surface area (Å²) < 4.78 is 51.5. The van der Waals surface area contributed by atoms with Crippen LogP contribution in [0.4, 0.5) is 18.9 Å². The highest BCUT2D eigenvalue weighted by Gasteiger charge is 2.31. The highest BCUT2D eigenvalue weighted by atomic mass is 32.1. The van der Waals surface area contributed by atoms with E-state index in [9.17, 15) is 18.0 Å². The molecule has 1 heterocycles. The van der Waals surface area contributed by atoms with Gasteiger partial charge in [-0.25, -0.2) is 0 Å². The third-order valence-electron chi connectivity index (χ3n) is 4.50. The number of nitrogens with zero attached hydrogens (tertiary/aromatic N) is 2. The van der Waals surface area contributed by atoms with Gasteiger partial charge in [0.1, 0.15) is 18.9 Å². The van der Waals surface area contributed by atoms with E-state index in [1.807, 2.05) is 31.2 Å². The smallest absolute Gasteiger partial charge is 0.416 e. The molecular weight excluding hydrogens is 445 g/mol. The summed E-state index contributed by atoms with van der Waals surface area (Å²) in [5, 5.41) is 9.30. The maximum absolute atomic E-state index is 13.2. The molecule has 2 N–H and O–H groups in total. The Morgan fingerprint density at radius 1 is 1.19 bits per heavy atom. The van der Waals surface area contributed by atoms with Crippen LogP contribution in [0, 0.1) is 11.7 Å². The number of ether oxygens (including phenoxy) is 2. The average Bonchev–Trinajstić information content (AvgIpc) is 3.09. The summed E-state index contributed by atoms with van der Waals surface area (Å²) in [7, 11) is 1.47. The van der Waals surface area contributed by atoms with Gasteiger partial charge >= 0.3 is 6.18 Å². The molecule has 1 aromatic heterocycles. The number of anilines is 1. The SMILES string of the molecule is COCCOc1ccc(C(F)(F)F)cc1NC(=O)Cn1c(-c2ccc(C)cc2)n[nH]c1=S. The number of halogens is 3. The zero-order chi connectivity index (χ0) is 23.3. The minimum Gasteiger partial charge on any atom is -0.489 e. The fraction of sp³-hybridized carbons (Fsp3) is 0.286. The van der Waals surface area contributed by atoms with Crippen molar-refractivity contribution >= 4 is 23.8 Å². The first-order valence-corrected chi connectivity index (χ1v) is 9.95. The molecule has 11 heteroatoms. The predicted octanol–water partition coefficient (Wildman–Crippen LogP) is 4.60. The molecule has 3 aromatic rings. The number of carbonyl (C=O) groups excluding carboxylic acids is 1. The first-order valence-electron chi connectivity index (χ1n) is 9.54. The van der Waals surface area contributed by atoms with Crippen molar-refractivity contribution < 1.29 is 27.4 Å². The van der Waals surface area contributed by atoms with Crippen molar-refractivity contribution in [1.82, 2.24) is 14.8 Å². The van der Waals surface area contributed by atoms with Crippen LogP contribution in [-0.4, -0.2) is 41.0 Å². The van der Waals surface area contributed by atoms with E-state index in [-0.39, 0.29) is 36.0 Å². The van der Waals surface area contributed by atoms with Gasteiger partial charge in [-0.05, 0) is 37.3 Å². The number of hydrogen-bond acceptors (Lipinski definition) is 5. The second kappa shape index (κ2) is 9.96. The lowest BCUT2D eigenvalue weighted by atomic mass is 10.1. The minimum atomic E-state index is -4.57. The van der Waals surface area contributed by atoms with Gasteiger partial charge in [0.05, 0.1) is 17.9 Å². The Balaban J connectivity index is 1.85. The molecule has 0 spiro atoms. The van der Waals surface area contributed by atoms with Crippen LogP contribution in [0.3, 0.4) is 0 Å². The van der Waals surface area contributed by atoms with Crippen LogP contribution >= 0.6 is 12.2 Å². The maximum atomic E-state index is 13.2. The number of aromatic nitrogens is 3. The number of methoxy groups -OCH3 is 1. The van der Waals surface area contributed by atoms with Gasteiger partial charge in [-0.15, -0.1) is 0 Å². The van der Waals surface area contributed by atoms with Gasteiger partial charge in [0.2, 0.25) is 5.91 Å². The Morgan fingerprint density at radius 3 is 2.56 bits per heavy atom. The van der Waals surface area contributed by atoms with Crippen molar-refractivity contribution in [3.63, 3.8) is 0 Å². The topological polar surface area (TPSA) is 81.2 Å². The number of nitrogens with one attached hydrogen (secondary N) is 2. The number of aromatic amines is 1. The number of benzene rings is 2. The molecule has 0 bridgehead atoms. The van der Waals surface area contributed by atoms with Gasteiger partial charge in [-0.3, -0.25) is 14.5 Å². The van der Waals surface area contributed by atoms with Gasteiger partial charge in [0.15, 0.2) is 10.6 Å². The standard InChI is InChI=1S/C21H21F3N4O3S/c1-13-3-5-14(6-4-13)19-26-27-20(32)28(19)12-18(29)25-16-11-15(21(22,23)24)7-8-17(16)31-10-9-30-2/h3-8,11H,9-10,12H2,1-2H3,(H,25,29)(H,27,32). The maximum Gasteiger partial charge on any atom is 0.416 e. The highest BCUT2D eigenvalue weighted by Crippen LogP contribution is 2.35. The van der Waals surface area contributed by atoms with Crippen molar-refractivity contribution in [1.29, 1.82) is 0 Å². The molecule has 3 rings (SSSR count). The molecule has 0 aliphatic rings. The lowest BCUT2D eigenvalue weighted by Gasteiger charge is -2.16. The van der Waals surface area contributed by atoms with Gasteiger partial charge < -0.3 is 14.8 Å². The number of amides is 1. The number of H-pyrrole nitrogens is 1. The summed E-state index contributed by atoms with van der Waals surface area (Å²) in [5.74, 6) is -0.0597. The lowest BCUT2D eigenvalue weighted by Crippen LogP contribution is -2.21. The van der Waals surface area contributed by atoms with Crippen molar-refractivity contribution in [3.8, 4) is 17.1 Å². The molecule has 0 aliphatic heterocycles. The molecule has 0 fully saturated rings. The Morgan fingerprint density at radius 2 is 1.91 bits per heavy atom. The molecule has 0 radical (unpaired) electrons. The number of carbonyl (C=O) groups is 1. The van der Waals surface area contributed by atoms with E-state index in [1.165, 1.54) is 11.7 Å². The second-order valence-corrected chi connectivity index (χ2v) is 7.29. The molecule has 1 amide bonds. The van der Waals surface area contributed by atoms with Crippen LogP contribution in [0.1, 0.15) is 11.1 Å². The summed E-state index contributed by atoms with van der Waals surface area (Å²) in [4.78, 5) is 12.7. The zero-order valence-electron chi connectivity index (χ0n) is 17.3. The van der Waals surface area contributed by atoms with E-state index < -0.39 is 17.6 Å². The molecule has 32 heavy (non-hydrogen) atoms. The highest BCUT2D eigenvalue weighted by molar-refractivity contribution is 7.71. The molecular formula is C21H21F3N4O3S. The largest absolute Gasteiger partial charge is 0.489 e.